The molecule has 0 bridgehead atoms. The number of methoxy groups -OCH3 is 2. The summed E-state index contributed by atoms with van der Waals surface area (Å²) in [4.78, 5) is 0. The fourth-order valence-electron chi connectivity index (χ4n) is 2.94. The third kappa shape index (κ3) is 2.14. The molecule has 0 aliphatic heterocycles. The number of hydrogen-bond donors (Lipinski definition) is 1. The van der Waals surface area contributed by atoms with Crippen LogP contribution in [-0.4, -0.2) is 14.2 Å². The summed E-state index contributed by atoms with van der Waals surface area (Å²) in [5.41, 5.74) is 10.0. The molecule has 0 amide bonds. The molecule has 0 aromatic heterocycles. The lowest BCUT2D eigenvalue weighted by atomic mass is 9.87. The monoisotopic (exact) mass is 269 g/mol. The van der Waals surface area contributed by atoms with Crippen LogP contribution in [0.15, 0.2) is 42.5 Å². The average Bonchev–Trinajstić information content (AvgIpc) is 2.84. The molecule has 2 N–H and O–H groups in total. The second-order valence-corrected chi connectivity index (χ2v) is 5.38. The van der Waals surface area contributed by atoms with Crippen molar-refractivity contribution in [3.05, 3.63) is 59.2 Å². The number of hydrogen-bond acceptors (Lipinski definition) is 3. The Balaban J connectivity index is 2.01. The number of fused-ring (bicyclic) bond motifs is 1. The molecule has 2 aromatic carbocycles. The van der Waals surface area contributed by atoms with E-state index in [0.29, 0.717) is 0 Å². The molecule has 0 heterocycles. The standard InChI is InChI=1S/C17H19NO2/c1-19-15-7-14(8-16(9-15)20-2)17(18)10-12-5-3-4-6-13(12)11-17/h3-9H,10-11,18H2,1-2H3. The molecule has 3 rings (SSSR count). The number of rotatable bonds is 3. The molecule has 3 nitrogen and oxygen atoms in total. The number of nitrogens with two attached hydrogens (primary N) is 1. The Morgan fingerprint density at radius 3 is 1.85 bits per heavy atom. The van der Waals surface area contributed by atoms with Gasteiger partial charge in [-0.25, -0.2) is 0 Å². The van der Waals surface area contributed by atoms with E-state index in [1.165, 1.54) is 11.1 Å². The van der Waals surface area contributed by atoms with Crippen molar-refractivity contribution >= 4 is 0 Å². The third-order valence-electron chi connectivity index (χ3n) is 4.06. The summed E-state index contributed by atoms with van der Waals surface area (Å²) in [6.07, 6.45) is 1.69. The van der Waals surface area contributed by atoms with Gasteiger partial charge in [-0.1, -0.05) is 24.3 Å². The van der Waals surface area contributed by atoms with Gasteiger partial charge in [0.1, 0.15) is 11.5 Å². The van der Waals surface area contributed by atoms with Crippen LogP contribution in [-0.2, 0) is 18.4 Å². The van der Waals surface area contributed by atoms with Crippen LogP contribution in [0.1, 0.15) is 16.7 Å². The molecule has 0 saturated carbocycles. The topological polar surface area (TPSA) is 44.5 Å². The van der Waals surface area contributed by atoms with E-state index in [1.807, 2.05) is 18.2 Å². The fraction of sp³-hybridized carbons (Fsp3) is 0.294. The second kappa shape index (κ2) is 4.84. The van der Waals surface area contributed by atoms with Gasteiger partial charge in [0.15, 0.2) is 0 Å². The van der Waals surface area contributed by atoms with Crippen LogP contribution < -0.4 is 15.2 Å². The highest BCUT2D eigenvalue weighted by atomic mass is 16.5. The lowest BCUT2D eigenvalue weighted by molar-refractivity contribution is 0.387. The average molecular weight is 269 g/mol. The second-order valence-electron chi connectivity index (χ2n) is 5.38. The van der Waals surface area contributed by atoms with Gasteiger partial charge in [0.05, 0.1) is 14.2 Å². The van der Waals surface area contributed by atoms with E-state index < -0.39 is 0 Å². The van der Waals surface area contributed by atoms with Crippen molar-refractivity contribution in [2.24, 2.45) is 5.73 Å². The molecule has 0 radical (unpaired) electrons. The molecule has 0 atom stereocenters. The van der Waals surface area contributed by atoms with Gasteiger partial charge in [0.2, 0.25) is 0 Å². The Hall–Kier alpha value is -2.00. The smallest absolute Gasteiger partial charge is 0.122 e. The van der Waals surface area contributed by atoms with Crippen LogP contribution in [0.4, 0.5) is 0 Å². The van der Waals surface area contributed by atoms with E-state index in [-0.39, 0.29) is 5.54 Å². The van der Waals surface area contributed by atoms with Crippen LogP contribution in [0.2, 0.25) is 0 Å². The Bertz CT molecular complexity index is 589. The zero-order valence-electron chi connectivity index (χ0n) is 11.8. The molecule has 0 spiro atoms. The number of benzene rings is 2. The van der Waals surface area contributed by atoms with Crippen LogP contribution in [0, 0.1) is 0 Å². The van der Waals surface area contributed by atoms with Crippen molar-refractivity contribution in [2.75, 3.05) is 14.2 Å². The summed E-state index contributed by atoms with van der Waals surface area (Å²) in [5.74, 6) is 1.56. The maximum absolute atomic E-state index is 6.67. The largest absolute Gasteiger partial charge is 0.497 e. The molecule has 1 aliphatic carbocycles. The third-order valence-corrected chi connectivity index (χ3v) is 4.06. The minimum Gasteiger partial charge on any atom is -0.497 e. The molecule has 2 aromatic rings. The molecule has 0 saturated heterocycles. The summed E-state index contributed by atoms with van der Waals surface area (Å²) in [5, 5.41) is 0. The van der Waals surface area contributed by atoms with Gasteiger partial charge in [-0.15, -0.1) is 0 Å². The van der Waals surface area contributed by atoms with Gasteiger partial charge in [-0.3, -0.25) is 0 Å². The Labute approximate surface area is 119 Å². The Morgan fingerprint density at radius 2 is 1.40 bits per heavy atom. The van der Waals surface area contributed by atoms with Crippen molar-refractivity contribution in [1.82, 2.24) is 0 Å². The molecular weight excluding hydrogens is 250 g/mol. The summed E-state index contributed by atoms with van der Waals surface area (Å²) in [6.45, 7) is 0. The first kappa shape index (κ1) is 13.0. The van der Waals surface area contributed by atoms with Crippen molar-refractivity contribution < 1.29 is 9.47 Å². The van der Waals surface area contributed by atoms with Crippen LogP contribution in [0.5, 0.6) is 11.5 Å². The Morgan fingerprint density at radius 1 is 0.900 bits per heavy atom. The maximum Gasteiger partial charge on any atom is 0.122 e. The summed E-state index contributed by atoms with van der Waals surface area (Å²) in [6, 6.07) is 14.3. The van der Waals surface area contributed by atoms with E-state index in [1.54, 1.807) is 14.2 Å². The molecule has 104 valence electrons. The fourth-order valence-corrected chi connectivity index (χ4v) is 2.94. The van der Waals surface area contributed by atoms with Gasteiger partial charge >= 0.3 is 0 Å². The molecule has 1 aliphatic rings. The maximum atomic E-state index is 6.67. The quantitative estimate of drug-likeness (QED) is 0.931. The predicted octanol–water partition coefficient (Wildman–Crippen LogP) is 2.66. The van der Waals surface area contributed by atoms with Crippen LogP contribution in [0.3, 0.4) is 0 Å². The van der Waals surface area contributed by atoms with Crippen molar-refractivity contribution in [1.29, 1.82) is 0 Å². The highest BCUT2D eigenvalue weighted by molar-refractivity contribution is 5.46. The van der Waals surface area contributed by atoms with Gasteiger partial charge in [0, 0.05) is 11.6 Å². The summed E-state index contributed by atoms with van der Waals surface area (Å²) in [7, 11) is 3.32. The van der Waals surface area contributed by atoms with Crippen molar-refractivity contribution in [3.8, 4) is 11.5 Å². The van der Waals surface area contributed by atoms with Gasteiger partial charge in [-0.2, -0.15) is 0 Å². The lowest BCUT2D eigenvalue weighted by Gasteiger charge is -2.25. The zero-order chi connectivity index (χ0) is 14.2. The minimum absolute atomic E-state index is 0.383. The highest BCUT2D eigenvalue weighted by Gasteiger charge is 2.35. The summed E-state index contributed by atoms with van der Waals surface area (Å²) >= 11 is 0. The first-order chi connectivity index (χ1) is 9.64. The SMILES string of the molecule is COc1cc(OC)cc(C2(N)Cc3ccccc3C2)c1. The predicted molar refractivity (Wildman–Crippen MR) is 79.3 cm³/mol. The molecular formula is C17H19NO2. The van der Waals surface area contributed by atoms with Crippen molar-refractivity contribution in [2.45, 2.75) is 18.4 Å². The Kier molecular flexibility index (Phi) is 3.14. The molecule has 20 heavy (non-hydrogen) atoms. The van der Waals surface area contributed by atoms with Gasteiger partial charge in [-0.05, 0) is 41.7 Å². The van der Waals surface area contributed by atoms with Crippen LogP contribution >= 0.6 is 0 Å². The zero-order valence-corrected chi connectivity index (χ0v) is 11.8. The normalized spacial score (nSPS) is 15.8. The minimum atomic E-state index is -0.383. The summed E-state index contributed by atoms with van der Waals surface area (Å²) < 4.78 is 10.7. The van der Waals surface area contributed by atoms with E-state index >= 15 is 0 Å². The lowest BCUT2D eigenvalue weighted by Crippen LogP contribution is -2.37. The van der Waals surface area contributed by atoms with Gasteiger partial charge in [0.25, 0.3) is 0 Å². The number of ether oxygens (including phenoxy) is 2. The van der Waals surface area contributed by atoms with Crippen molar-refractivity contribution in [3.63, 3.8) is 0 Å². The van der Waals surface area contributed by atoms with E-state index in [9.17, 15) is 0 Å². The van der Waals surface area contributed by atoms with Crippen LogP contribution in [0.25, 0.3) is 0 Å². The van der Waals surface area contributed by atoms with Gasteiger partial charge < -0.3 is 15.2 Å². The first-order valence-electron chi connectivity index (χ1n) is 6.74. The van der Waals surface area contributed by atoms with E-state index in [0.717, 1.165) is 29.9 Å². The molecule has 0 unspecified atom stereocenters. The molecule has 3 heteroatoms. The molecule has 0 fully saturated rings. The van der Waals surface area contributed by atoms with E-state index in [2.05, 4.69) is 24.3 Å². The van der Waals surface area contributed by atoms with E-state index in [4.69, 9.17) is 15.2 Å². The highest BCUT2D eigenvalue weighted by Crippen LogP contribution is 2.38. The first-order valence-corrected chi connectivity index (χ1v) is 6.74.